The van der Waals surface area contributed by atoms with E-state index in [2.05, 4.69) is 23.9 Å². The molecule has 1 aliphatic heterocycles. The van der Waals surface area contributed by atoms with Crippen LogP contribution in [0.4, 0.5) is 0 Å². The molecule has 0 bridgehead atoms. The summed E-state index contributed by atoms with van der Waals surface area (Å²) in [5, 5.41) is 3.93. The van der Waals surface area contributed by atoms with E-state index < -0.39 is 0 Å². The summed E-state index contributed by atoms with van der Waals surface area (Å²) >= 11 is 1.18. The molecule has 24 heavy (non-hydrogen) atoms. The number of aryl methyl sites for hydroxylation is 1. The molecule has 0 spiro atoms. The Morgan fingerprint density at radius 1 is 1.25 bits per heavy atom. The van der Waals surface area contributed by atoms with Gasteiger partial charge in [-0.05, 0) is 30.6 Å². The highest BCUT2D eigenvalue weighted by Crippen LogP contribution is 2.16. The summed E-state index contributed by atoms with van der Waals surface area (Å²) in [7, 11) is 0. The predicted octanol–water partition coefficient (Wildman–Crippen LogP) is 1.45. The van der Waals surface area contributed by atoms with E-state index in [0.29, 0.717) is 4.88 Å². The first-order chi connectivity index (χ1) is 11.7. The molecule has 124 valence electrons. The molecule has 1 fully saturated rings. The van der Waals surface area contributed by atoms with Crippen LogP contribution in [0.5, 0.6) is 0 Å². The zero-order valence-corrected chi connectivity index (χ0v) is 14.2. The Hall–Kier alpha value is -2.32. The molecule has 0 aromatic carbocycles. The van der Waals surface area contributed by atoms with Crippen LogP contribution >= 0.6 is 11.5 Å². The second kappa shape index (κ2) is 6.29. The van der Waals surface area contributed by atoms with Crippen LogP contribution in [0, 0.1) is 6.92 Å². The van der Waals surface area contributed by atoms with Crippen LogP contribution in [0.2, 0.25) is 0 Å². The van der Waals surface area contributed by atoms with Crippen LogP contribution in [0.25, 0.3) is 5.65 Å². The van der Waals surface area contributed by atoms with Gasteiger partial charge in [0, 0.05) is 38.9 Å². The number of imidazole rings is 1. The molecule has 1 amide bonds. The van der Waals surface area contributed by atoms with E-state index in [0.717, 1.165) is 44.1 Å². The number of rotatable bonds is 3. The number of nitrogens with zero attached hydrogens (tertiary/aromatic N) is 6. The number of carbonyl (C=O) groups is 1. The van der Waals surface area contributed by atoms with Gasteiger partial charge < -0.3 is 9.30 Å². The first kappa shape index (κ1) is 15.2. The van der Waals surface area contributed by atoms with E-state index in [1.807, 2.05) is 42.4 Å². The lowest BCUT2D eigenvalue weighted by atomic mass is 10.2. The molecule has 1 saturated heterocycles. The fraction of sp³-hybridized carbons (Fsp3) is 0.375. The second-order valence-corrected chi connectivity index (χ2v) is 6.69. The Kier molecular flexibility index (Phi) is 3.99. The molecule has 0 unspecified atom stereocenters. The first-order valence-corrected chi connectivity index (χ1v) is 8.71. The Bertz CT molecular complexity index is 864. The van der Waals surface area contributed by atoms with Gasteiger partial charge in [0.2, 0.25) is 0 Å². The number of aromatic nitrogens is 4. The van der Waals surface area contributed by atoms with Crippen molar-refractivity contribution in [3.63, 3.8) is 0 Å². The maximum atomic E-state index is 12.5. The van der Waals surface area contributed by atoms with Crippen LogP contribution in [0.1, 0.15) is 21.1 Å². The second-order valence-electron chi connectivity index (χ2n) is 5.93. The van der Waals surface area contributed by atoms with Crippen molar-refractivity contribution in [3.8, 4) is 0 Å². The minimum absolute atomic E-state index is 0.0527. The van der Waals surface area contributed by atoms with Crippen molar-refractivity contribution in [2.75, 3.05) is 26.2 Å². The Labute approximate surface area is 143 Å². The summed E-state index contributed by atoms with van der Waals surface area (Å²) in [4.78, 5) is 21.8. The van der Waals surface area contributed by atoms with E-state index in [1.165, 1.54) is 17.2 Å². The Balaban J connectivity index is 1.40. The SMILES string of the molecule is Cc1nnsc1C(=O)N1CCN(Cc2cnc3ccccn23)CC1. The molecule has 7 nitrogen and oxygen atoms in total. The molecule has 0 aliphatic carbocycles. The zero-order valence-electron chi connectivity index (χ0n) is 13.4. The topological polar surface area (TPSA) is 66.6 Å². The van der Waals surface area contributed by atoms with Crippen molar-refractivity contribution in [1.82, 2.24) is 28.8 Å². The fourth-order valence-corrected chi connectivity index (χ4v) is 3.64. The lowest BCUT2D eigenvalue weighted by molar-refractivity contribution is 0.0630. The average molecular weight is 342 g/mol. The van der Waals surface area contributed by atoms with Crippen LogP contribution < -0.4 is 0 Å². The summed E-state index contributed by atoms with van der Waals surface area (Å²) < 4.78 is 5.97. The quantitative estimate of drug-likeness (QED) is 0.721. The predicted molar refractivity (Wildman–Crippen MR) is 91.0 cm³/mol. The minimum Gasteiger partial charge on any atom is -0.335 e. The van der Waals surface area contributed by atoms with Crippen LogP contribution in [0.15, 0.2) is 30.6 Å². The Morgan fingerprint density at radius 2 is 2.08 bits per heavy atom. The number of piperazine rings is 1. The normalized spacial score (nSPS) is 16.0. The van der Waals surface area contributed by atoms with Crippen molar-refractivity contribution < 1.29 is 4.79 Å². The third-order valence-electron chi connectivity index (χ3n) is 4.38. The minimum atomic E-state index is 0.0527. The van der Waals surface area contributed by atoms with Crippen molar-refractivity contribution in [2.45, 2.75) is 13.5 Å². The third kappa shape index (κ3) is 2.78. The molecule has 3 aromatic heterocycles. The van der Waals surface area contributed by atoms with Gasteiger partial charge in [-0.2, -0.15) is 0 Å². The smallest absolute Gasteiger partial charge is 0.267 e. The average Bonchev–Trinajstić information content (AvgIpc) is 3.22. The van der Waals surface area contributed by atoms with Crippen molar-refractivity contribution in [3.05, 3.63) is 46.9 Å². The molecule has 4 heterocycles. The Morgan fingerprint density at radius 3 is 2.83 bits per heavy atom. The van der Waals surface area contributed by atoms with E-state index in [4.69, 9.17) is 0 Å². The standard InChI is InChI=1S/C16H18N6OS/c1-12-15(24-19-18-12)16(23)21-8-6-20(7-9-21)11-13-10-17-14-4-2-3-5-22(13)14/h2-5,10H,6-9,11H2,1H3. The van der Waals surface area contributed by atoms with Crippen LogP contribution in [-0.4, -0.2) is 60.9 Å². The molecule has 3 aromatic rings. The highest BCUT2D eigenvalue weighted by atomic mass is 32.1. The van der Waals surface area contributed by atoms with Crippen molar-refractivity contribution in [2.24, 2.45) is 0 Å². The summed E-state index contributed by atoms with van der Waals surface area (Å²) in [6.07, 6.45) is 3.97. The number of hydrogen-bond donors (Lipinski definition) is 0. The van der Waals surface area contributed by atoms with Gasteiger partial charge in [-0.25, -0.2) is 4.98 Å². The van der Waals surface area contributed by atoms with Gasteiger partial charge in [0.1, 0.15) is 10.5 Å². The molecular formula is C16H18N6OS. The van der Waals surface area contributed by atoms with E-state index in [1.54, 1.807) is 0 Å². The maximum absolute atomic E-state index is 12.5. The number of hydrogen-bond acceptors (Lipinski definition) is 6. The third-order valence-corrected chi connectivity index (χ3v) is 5.20. The van der Waals surface area contributed by atoms with Gasteiger partial charge in [0.25, 0.3) is 5.91 Å². The lowest BCUT2D eigenvalue weighted by Gasteiger charge is -2.34. The molecule has 0 saturated carbocycles. The molecule has 4 rings (SSSR count). The molecule has 8 heteroatoms. The molecule has 0 atom stereocenters. The molecular weight excluding hydrogens is 324 g/mol. The van der Waals surface area contributed by atoms with Gasteiger partial charge in [-0.15, -0.1) is 5.10 Å². The van der Waals surface area contributed by atoms with Gasteiger partial charge in [-0.1, -0.05) is 10.6 Å². The van der Waals surface area contributed by atoms with Crippen LogP contribution in [-0.2, 0) is 6.54 Å². The zero-order chi connectivity index (χ0) is 16.5. The summed E-state index contributed by atoms with van der Waals surface area (Å²) in [6, 6.07) is 6.01. The largest absolute Gasteiger partial charge is 0.335 e. The maximum Gasteiger partial charge on any atom is 0.267 e. The van der Waals surface area contributed by atoms with Crippen LogP contribution in [0.3, 0.4) is 0 Å². The summed E-state index contributed by atoms with van der Waals surface area (Å²) in [5.41, 5.74) is 2.86. The summed E-state index contributed by atoms with van der Waals surface area (Å²) in [5.74, 6) is 0.0527. The van der Waals surface area contributed by atoms with Gasteiger partial charge in [0.05, 0.1) is 17.6 Å². The highest BCUT2D eigenvalue weighted by Gasteiger charge is 2.25. The van der Waals surface area contributed by atoms with E-state index in [9.17, 15) is 4.79 Å². The molecule has 1 aliphatic rings. The van der Waals surface area contributed by atoms with Gasteiger partial charge >= 0.3 is 0 Å². The molecule has 0 N–H and O–H groups in total. The summed E-state index contributed by atoms with van der Waals surface area (Å²) in [6.45, 7) is 5.85. The van der Waals surface area contributed by atoms with E-state index >= 15 is 0 Å². The highest BCUT2D eigenvalue weighted by molar-refractivity contribution is 7.07. The lowest BCUT2D eigenvalue weighted by Crippen LogP contribution is -2.48. The van der Waals surface area contributed by atoms with Crippen molar-refractivity contribution in [1.29, 1.82) is 0 Å². The number of carbonyl (C=O) groups excluding carboxylic acids is 1. The van der Waals surface area contributed by atoms with Crippen molar-refractivity contribution >= 4 is 23.1 Å². The number of fused-ring (bicyclic) bond motifs is 1. The molecule has 0 radical (unpaired) electrons. The fourth-order valence-electron chi connectivity index (χ4n) is 3.01. The monoisotopic (exact) mass is 342 g/mol. The van der Waals surface area contributed by atoms with Gasteiger partial charge in [0.15, 0.2) is 0 Å². The van der Waals surface area contributed by atoms with E-state index in [-0.39, 0.29) is 5.91 Å². The number of amides is 1. The first-order valence-electron chi connectivity index (χ1n) is 7.94. The number of pyridine rings is 1. The van der Waals surface area contributed by atoms with Gasteiger partial charge in [-0.3, -0.25) is 9.69 Å².